The number of carboxylic acids is 3. The van der Waals surface area contributed by atoms with Crippen LogP contribution in [0.1, 0.15) is 104 Å². The lowest BCUT2D eigenvalue weighted by Crippen LogP contribution is -2.61. The molecule has 0 unspecified atom stereocenters. The number of aliphatic imine (C=N–C) groups is 2. The Morgan fingerprint density at radius 3 is 1.41 bits per heavy atom. The lowest BCUT2D eigenvalue weighted by atomic mass is 10.0. The molecule has 31 heteroatoms. The fraction of sp³-hybridized carbons (Fsp3) is 0.705. The molecule has 31 nitrogen and oxygen atoms in total. The molecule has 9 atom stereocenters. The molecule has 1 fully saturated rings. The van der Waals surface area contributed by atoms with Crippen molar-refractivity contribution in [1.82, 2.24) is 42.1 Å². The van der Waals surface area contributed by atoms with Gasteiger partial charge in [0.25, 0.3) is 0 Å². The first-order valence-electron chi connectivity index (χ1n) is 24.5. The normalized spacial score (nSPS) is 16.2. The smallest absolute Gasteiger partial charge is 0.326 e. The molecule has 0 aliphatic carbocycles. The summed E-state index contributed by atoms with van der Waals surface area (Å²) in [6.07, 6.45) is -1.27. The van der Waals surface area contributed by atoms with E-state index in [9.17, 15) is 73.2 Å². The number of carbonyl (C=O) groups excluding carboxylic acids is 8. The van der Waals surface area contributed by atoms with Crippen LogP contribution < -0.4 is 71.6 Å². The monoisotopic (exact) mass is 1070 g/mol. The SMILES string of the molecule is CC(C)[C@H](NC(=O)[C@@H]1CCCN1C(=O)[C@H](CCCN=C(N)N)NC(=O)[C@H](C)N)C(=O)N[C@@H](CO)C(=O)N[C@@H](CCCN=C(N)N)C(=O)N[C@@H](CCC(=O)O)C(=O)N[C@@H](CCC(=O)O)C(=O)N[C@@H](CCCCN)C(=O)O. The Morgan fingerprint density at radius 2 is 0.987 bits per heavy atom. The van der Waals surface area contributed by atoms with Crippen LogP contribution >= 0.6 is 0 Å². The fourth-order valence-corrected chi connectivity index (χ4v) is 7.49. The maximum absolute atomic E-state index is 14.0. The van der Waals surface area contributed by atoms with Crippen LogP contribution in [0.5, 0.6) is 0 Å². The standard InChI is InChI=1S/C44H78N16O15/c1-22(2)33(59-39(71)30-12-8-20-60(30)41(73)27(56-34(66)23(3)46)11-7-19-52-44(49)50)40(72)58-29(21-61)38(70)53-24(10-6-18-51-43(47)48)35(67)54-25(13-15-31(62)63)36(68)55-26(14-16-32(64)65)37(69)57-28(42(74)75)9-4-5-17-45/h22-30,33,61H,4-21,45-46H2,1-3H3,(H,53,70)(H,54,67)(H,55,68)(H,56,66)(H,57,69)(H,58,72)(H,59,71)(H,62,63)(H,64,65)(H,74,75)(H4,47,48,51)(H4,49,50,52)/t23-,24-,25-,26-,27-,28-,29-,30-,33-/m0/s1. The van der Waals surface area contributed by atoms with Crippen molar-refractivity contribution in [1.29, 1.82) is 0 Å². The van der Waals surface area contributed by atoms with E-state index in [1.54, 1.807) is 13.8 Å². The topological polar surface area (TPSA) is 537 Å². The van der Waals surface area contributed by atoms with Gasteiger partial charge in [-0.3, -0.25) is 57.9 Å². The highest BCUT2D eigenvalue weighted by atomic mass is 16.4. The molecule has 75 heavy (non-hydrogen) atoms. The first-order valence-corrected chi connectivity index (χ1v) is 24.5. The van der Waals surface area contributed by atoms with E-state index in [0.29, 0.717) is 19.3 Å². The number of amides is 8. The summed E-state index contributed by atoms with van der Waals surface area (Å²) in [4.78, 5) is 153. The molecule has 1 aliphatic heterocycles. The summed E-state index contributed by atoms with van der Waals surface area (Å²) >= 11 is 0. The van der Waals surface area contributed by atoms with Gasteiger partial charge >= 0.3 is 17.9 Å². The van der Waals surface area contributed by atoms with E-state index in [-0.39, 0.29) is 76.6 Å². The highest BCUT2D eigenvalue weighted by Gasteiger charge is 2.40. The molecule has 1 aliphatic rings. The largest absolute Gasteiger partial charge is 0.481 e. The number of hydrogen-bond donors (Lipinski definition) is 17. The summed E-state index contributed by atoms with van der Waals surface area (Å²) in [5, 5.41) is 55.6. The number of carboxylic acid groups (broad SMARTS) is 3. The Labute approximate surface area is 433 Å². The molecule has 0 aromatic rings. The van der Waals surface area contributed by atoms with E-state index >= 15 is 0 Å². The number of rotatable bonds is 36. The molecule has 0 radical (unpaired) electrons. The maximum Gasteiger partial charge on any atom is 0.326 e. The third kappa shape index (κ3) is 24.9. The molecule has 0 bridgehead atoms. The van der Waals surface area contributed by atoms with Crippen molar-refractivity contribution in [3.8, 4) is 0 Å². The van der Waals surface area contributed by atoms with Crippen molar-refractivity contribution in [2.75, 3.05) is 32.8 Å². The number of aliphatic hydroxyl groups is 1. The van der Waals surface area contributed by atoms with Crippen LogP contribution in [0.25, 0.3) is 0 Å². The maximum atomic E-state index is 14.0. The summed E-state index contributed by atoms with van der Waals surface area (Å²) in [5.41, 5.74) is 32.9. The molecule has 1 saturated heterocycles. The first kappa shape index (κ1) is 65.6. The van der Waals surface area contributed by atoms with Crippen molar-refractivity contribution in [2.45, 2.75) is 159 Å². The Hall–Kier alpha value is -7.41. The van der Waals surface area contributed by atoms with Gasteiger partial charge in [0.15, 0.2) is 11.9 Å². The molecule has 0 aromatic heterocycles. The molecule has 1 heterocycles. The van der Waals surface area contributed by atoms with Crippen molar-refractivity contribution >= 4 is 77.1 Å². The number of nitrogens with one attached hydrogen (secondary N) is 7. The highest BCUT2D eigenvalue weighted by molar-refractivity contribution is 5.98. The van der Waals surface area contributed by atoms with Crippen LogP contribution in [0.15, 0.2) is 9.98 Å². The van der Waals surface area contributed by atoms with Gasteiger partial charge < -0.3 is 96.9 Å². The van der Waals surface area contributed by atoms with E-state index in [4.69, 9.17) is 34.4 Å². The Balaban J connectivity index is 3.41. The quantitative estimate of drug-likeness (QED) is 0.0158. The Bertz CT molecular complexity index is 2030. The Kier molecular flexibility index (Phi) is 29.9. The molecule has 0 aromatic carbocycles. The zero-order valence-electron chi connectivity index (χ0n) is 42.6. The van der Waals surface area contributed by atoms with Gasteiger partial charge in [0, 0.05) is 32.5 Å². The van der Waals surface area contributed by atoms with E-state index < -0.39 is 158 Å². The third-order valence-corrected chi connectivity index (χ3v) is 11.6. The highest BCUT2D eigenvalue weighted by Crippen LogP contribution is 2.21. The third-order valence-electron chi connectivity index (χ3n) is 11.6. The van der Waals surface area contributed by atoms with Crippen molar-refractivity contribution in [3.63, 3.8) is 0 Å². The minimum Gasteiger partial charge on any atom is -0.481 e. The van der Waals surface area contributed by atoms with E-state index in [1.165, 1.54) is 11.8 Å². The summed E-state index contributed by atoms with van der Waals surface area (Å²) in [6.45, 7) is 3.92. The van der Waals surface area contributed by atoms with Crippen LogP contribution in [0, 0.1) is 5.92 Å². The second-order valence-corrected chi connectivity index (χ2v) is 18.1. The zero-order chi connectivity index (χ0) is 56.9. The fourth-order valence-electron chi connectivity index (χ4n) is 7.49. The van der Waals surface area contributed by atoms with E-state index in [0.717, 1.165) is 0 Å². The molecule has 0 saturated carbocycles. The van der Waals surface area contributed by atoms with Gasteiger partial charge in [-0.15, -0.1) is 0 Å². The number of nitrogens with two attached hydrogens (primary N) is 6. The summed E-state index contributed by atoms with van der Waals surface area (Å²) in [6, 6.07) is -12.9. The lowest BCUT2D eigenvalue weighted by Gasteiger charge is -2.31. The molecule has 23 N–H and O–H groups in total. The number of aliphatic carboxylic acids is 3. The predicted molar refractivity (Wildman–Crippen MR) is 268 cm³/mol. The van der Waals surface area contributed by atoms with Gasteiger partial charge in [-0.25, -0.2) is 4.79 Å². The average Bonchev–Trinajstić information content (AvgIpc) is 3.83. The first-order chi connectivity index (χ1) is 35.2. The van der Waals surface area contributed by atoms with Gasteiger partial charge in [-0.2, -0.15) is 0 Å². The van der Waals surface area contributed by atoms with Crippen molar-refractivity contribution in [2.24, 2.45) is 50.3 Å². The van der Waals surface area contributed by atoms with Crippen molar-refractivity contribution in [3.05, 3.63) is 0 Å². The predicted octanol–water partition coefficient (Wildman–Crippen LogP) is -6.58. The molecule has 1 rings (SSSR count). The second-order valence-electron chi connectivity index (χ2n) is 18.1. The van der Waals surface area contributed by atoms with Crippen molar-refractivity contribution < 1.29 is 73.2 Å². The molecule has 424 valence electrons. The van der Waals surface area contributed by atoms with Crippen LogP contribution in [0.2, 0.25) is 0 Å². The minimum absolute atomic E-state index is 0.00870. The Morgan fingerprint density at radius 1 is 0.560 bits per heavy atom. The van der Waals surface area contributed by atoms with Crippen LogP contribution in [0.4, 0.5) is 0 Å². The molecular weight excluding hydrogens is 993 g/mol. The van der Waals surface area contributed by atoms with E-state index in [2.05, 4.69) is 47.2 Å². The molecular formula is C44H78N16O15. The minimum atomic E-state index is -1.79. The van der Waals surface area contributed by atoms with Crippen LogP contribution in [-0.2, 0) is 52.7 Å². The summed E-state index contributed by atoms with van der Waals surface area (Å²) in [7, 11) is 0. The number of likely N-dealkylation sites (tertiary alicyclic amines) is 1. The van der Waals surface area contributed by atoms with Crippen LogP contribution in [-0.4, -0.2) is 190 Å². The van der Waals surface area contributed by atoms with E-state index in [1.807, 2.05) is 0 Å². The second kappa shape index (κ2) is 34.1. The van der Waals surface area contributed by atoms with Gasteiger partial charge in [-0.1, -0.05) is 13.8 Å². The molecule has 8 amide bonds. The van der Waals surface area contributed by atoms with Gasteiger partial charge in [-0.05, 0) is 90.0 Å². The van der Waals surface area contributed by atoms with Gasteiger partial charge in [0.1, 0.15) is 48.3 Å². The van der Waals surface area contributed by atoms with Gasteiger partial charge in [0.2, 0.25) is 47.3 Å². The number of hydrogen-bond acceptors (Lipinski definition) is 16. The lowest BCUT2D eigenvalue weighted by molar-refractivity contribution is -0.143. The number of unbranched alkanes of at least 4 members (excludes halogenated alkanes) is 1. The molecule has 0 spiro atoms. The number of guanidine groups is 2. The zero-order valence-corrected chi connectivity index (χ0v) is 42.6. The van der Waals surface area contributed by atoms with Crippen LogP contribution in [0.3, 0.4) is 0 Å². The number of nitrogens with zero attached hydrogens (tertiary/aromatic N) is 3. The average molecular weight is 1070 g/mol. The number of carbonyl (C=O) groups is 11. The van der Waals surface area contributed by atoms with Gasteiger partial charge in [0.05, 0.1) is 12.6 Å². The number of aliphatic hydroxyl groups excluding tert-OH is 1. The summed E-state index contributed by atoms with van der Waals surface area (Å²) in [5.74, 6) is -12.8. The summed E-state index contributed by atoms with van der Waals surface area (Å²) < 4.78 is 0.